The van der Waals surface area contributed by atoms with Crippen LogP contribution in [0.2, 0.25) is 0 Å². The Hall–Kier alpha value is 1.37. The fourth-order valence-corrected chi connectivity index (χ4v) is 0. The molecule has 0 bridgehead atoms. The van der Waals surface area contributed by atoms with E-state index in [9.17, 15) is 4.32 Å². The third kappa shape index (κ3) is 10.9. The van der Waals surface area contributed by atoms with Crippen molar-refractivity contribution < 1.29 is 4.32 Å². The molecule has 0 saturated carbocycles. The van der Waals surface area contributed by atoms with Gasteiger partial charge in [0.15, 0.2) is 0 Å². The Labute approximate surface area is 74.5 Å². The van der Waals surface area contributed by atoms with Gasteiger partial charge in [-0.1, -0.05) is 5.98 Å². The van der Waals surface area contributed by atoms with Crippen LogP contribution in [0.1, 0.15) is 0 Å². The van der Waals surface area contributed by atoms with Gasteiger partial charge in [0.05, 0.1) is 0 Å². The van der Waals surface area contributed by atoms with Gasteiger partial charge >= 0.3 is 58.9 Å². The Balaban J connectivity index is 0. The van der Waals surface area contributed by atoms with E-state index in [1.165, 1.54) is 0 Å². The molecule has 0 aromatic carbocycles. The molecule has 0 aromatic rings. The second-order valence-corrected chi connectivity index (χ2v) is 0.362. The van der Waals surface area contributed by atoms with Crippen LogP contribution < -0.4 is 0 Å². The van der Waals surface area contributed by atoms with Crippen LogP contribution >= 0.6 is 0 Å². The van der Waals surface area contributed by atoms with Crippen molar-refractivity contribution in [3.8, 4) is 0 Å². The molecule has 0 unspecified atom stereocenters. The van der Waals surface area contributed by atoms with Crippen LogP contribution in [0.4, 0.5) is 4.32 Å². The van der Waals surface area contributed by atoms with Crippen molar-refractivity contribution in [3.63, 3.8) is 0 Å². The zero-order valence-corrected chi connectivity index (χ0v) is 2.24. The minimum atomic E-state index is 0. The van der Waals surface area contributed by atoms with E-state index in [1.54, 1.807) is 0 Å². The third-order valence-corrected chi connectivity index (χ3v) is 0.0891. The summed E-state index contributed by atoms with van der Waals surface area (Å²) >= 11 is 0. The predicted octanol–water partition coefficient (Wildman–Crippen LogP) is 0.0701. The fourth-order valence-electron chi connectivity index (χ4n) is 0. The summed E-state index contributed by atoms with van der Waals surface area (Å²) in [5, 5.41) is 0. The van der Waals surface area contributed by atoms with Crippen molar-refractivity contribution in [2.24, 2.45) is 0 Å². The Morgan fingerprint density at radius 1 is 1.80 bits per heavy atom. The number of hydrogen-bond acceptors (Lipinski definition) is 0. The van der Waals surface area contributed by atoms with Crippen LogP contribution in [0.5, 0.6) is 0 Å². The molecule has 0 rings (SSSR count). The Morgan fingerprint density at radius 3 is 2.00 bits per heavy atom. The second-order valence-electron chi connectivity index (χ2n) is 0.362. The normalized spacial score (nSPS) is 4.20. The molecule has 0 aliphatic rings. The van der Waals surface area contributed by atoms with Gasteiger partial charge < -0.3 is 4.32 Å². The molecule has 0 spiro atoms. The average molecular weight is 97.0 g/mol. The SMILES string of the molecule is C=C[B]F.[KH]. The monoisotopic (exact) mass is 97.0 g/mol. The summed E-state index contributed by atoms with van der Waals surface area (Å²) in [7, 11) is 0.389. The minimum absolute atomic E-state index is 0. The predicted molar refractivity (Wildman–Crippen MR) is 24.2 cm³/mol. The quantitative estimate of drug-likeness (QED) is 0.406. The first-order chi connectivity index (χ1) is 1.91. The summed E-state index contributed by atoms with van der Waals surface area (Å²) < 4.78 is 10.5. The van der Waals surface area contributed by atoms with E-state index in [-0.39, 0.29) is 51.4 Å². The fraction of sp³-hybridized carbons (Fsp3) is 0. The molecule has 0 fully saturated rings. The van der Waals surface area contributed by atoms with Gasteiger partial charge in [-0.15, -0.1) is 6.58 Å². The molecule has 0 amide bonds. The Kier molecular flexibility index (Phi) is 17.4. The number of hydrogen-bond donors (Lipinski definition) is 0. The van der Waals surface area contributed by atoms with Crippen molar-refractivity contribution >= 4 is 58.9 Å². The summed E-state index contributed by atoms with van der Waals surface area (Å²) in [6.07, 6.45) is 0. The molecule has 0 nitrogen and oxygen atoms in total. The molecule has 0 saturated heterocycles. The molecular weight excluding hydrogens is 92.9 g/mol. The molecule has 0 atom stereocenters. The maximum absolute atomic E-state index is 10.5. The standard InChI is InChI=1S/C2H3BF.K.H/c1-2-3-4;;/h2H,1H2;;. The van der Waals surface area contributed by atoms with Crippen LogP contribution in [0.15, 0.2) is 12.6 Å². The van der Waals surface area contributed by atoms with E-state index in [2.05, 4.69) is 6.58 Å². The van der Waals surface area contributed by atoms with Gasteiger partial charge in [-0.2, -0.15) is 0 Å². The Bertz CT molecular complexity index is 23.6. The summed E-state index contributed by atoms with van der Waals surface area (Å²) in [4.78, 5) is 0. The van der Waals surface area contributed by atoms with Crippen LogP contribution in [0.25, 0.3) is 0 Å². The van der Waals surface area contributed by atoms with Crippen LogP contribution in [0.3, 0.4) is 0 Å². The molecule has 0 aliphatic carbocycles. The van der Waals surface area contributed by atoms with E-state index >= 15 is 0 Å². The molecule has 23 valence electrons. The first-order valence-corrected chi connectivity index (χ1v) is 0.960. The number of halogens is 1. The maximum atomic E-state index is 10.5. The summed E-state index contributed by atoms with van der Waals surface area (Å²) in [5.74, 6) is 1.08. The van der Waals surface area contributed by atoms with Gasteiger partial charge in [-0.25, -0.2) is 0 Å². The molecule has 3 heteroatoms. The summed E-state index contributed by atoms with van der Waals surface area (Å²) in [5.41, 5.74) is 0. The molecule has 1 radical (unpaired) electrons. The number of rotatable bonds is 1. The van der Waals surface area contributed by atoms with Crippen molar-refractivity contribution in [2.75, 3.05) is 0 Å². The zero-order chi connectivity index (χ0) is 3.41. The molecule has 0 heterocycles. The van der Waals surface area contributed by atoms with E-state index in [0.717, 1.165) is 5.98 Å². The van der Waals surface area contributed by atoms with Gasteiger partial charge in [0.25, 0.3) is 0 Å². The van der Waals surface area contributed by atoms with Gasteiger partial charge in [0, 0.05) is 0 Å². The van der Waals surface area contributed by atoms with Gasteiger partial charge in [0.1, 0.15) is 0 Å². The van der Waals surface area contributed by atoms with Crippen LogP contribution in [-0.2, 0) is 0 Å². The van der Waals surface area contributed by atoms with Crippen LogP contribution in [-0.4, -0.2) is 58.9 Å². The van der Waals surface area contributed by atoms with E-state index < -0.39 is 0 Å². The Morgan fingerprint density at radius 2 is 2.00 bits per heavy atom. The average Bonchev–Trinajstić information content (AvgIpc) is 1.37. The topological polar surface area (TPSA) is 0 Å². The van der Waals surface area contributed by atoms with Crippen molar-refractivity contribution in [2.45, 2.75) is 0 Å². The molecule has 0 aromatic heterocycles. The summed E-state index contributed by atoms with van der Waals surface area (Å²) in [6.45, 7) is 3.05. The van der Waals surface area contributed by atoms with E-state index in [1.807, 2.05) is 0 Å². The van der Waals surface area contributed by atoms with Crippen LogP contribution in [0, 0.1) is 0 Å². The summed E-state index contributed by atoms with van der Waals surface area (Å²) in [6, 6.07) is 0. The van der Waals surface area contributed by atoms with E-state index in [4.69, 9.17) is 0 Å². The molecular formula is C2H4BFK. The second kappa shape index (κ2) is 9.03. The first-order valence-electron chi connectivity index (χ1n) is 0.960. The van der Waals surface area contributed by atoms with E-state index in [0.29, 0.717) is 7.56 Å². The molecule has 0 N–H and O–H groups in total. The van der Waals surface area contributed by atoms with Crippen molar-refractivity contribution in [1.29, 1.82) is 0 Å². The van der Waals surface area contributed by atoms with Gasteiger partial charge in [-0.05, 0) is 0 Å². The third-order valence-electron chi connectivity index (χ3n) is 0.0891. The first kappa shape index (κ1) is 9.62. The van der Waals surface area contributed by atoms with Gasteiger partial charge in [-0.3, -0.25) is 0 Å². The van der Waals surface area contributed by atoms with Crippen molar-refractivity contribution in [3.05, 3.63) is 12.6 Å². The van der Waals surface area contributed by atoms with Crippen molar-refractivity contribution in [1.82, 2.24) is 0 Å². The molecule has 5 heavy (non-hydrogen) atoms. The zero-order valence-electron chi connectivity index (χ0n) is 2.24. The molecule has 0 aliphatic heterocycles. The van der Waals surface area contributed by atoms with Gasteiger partial charge in [0.2, 0.25) is 0 Å².